The molecule has 3 unspecified atom stereocenters. The number of amides is 1. The lowest BCUT2D eigenvalue weighted by molar-refractivity contribution is -0.132. The molecule has 0 bridgehead atoms. The highest BCUT2D eigenvalue weighted by Gasteiger charge is 2.30. The third-order valence-electron chi connectivity index (χ3n) is 3.14. The van der Waals surface area contributed by atoms with E-state index in [0.717, 1.165) is 32.1 Å². The van der Waals surface area contributed by atoms with Crippen molar-refractivity contribution in [3.63, 3.8) is 0 Å². The van der Waals surface area contributed by atoms with Gasteiger partial charge in [0, 0.05) is 12.6 Å². The first-order chi connectivity index (χ1) is 7.71. The van der Waals surface area contributed by atoms with E-state index in [1.54, 1.807) is 0 Å². The number of rotatable bonds is 6. The first kappa shape index (κ1) is 13.5. The molecule has 3 atom stereocenters. The Kier molecular flexibility index (Phi) is 5.77. The standard InChI is InChI=1S/C12H24N2O2/c1-3-5-9(4-2)14-12(15)11-7-6-10(8-13)16-11/h9-11H,3-8,13H2,1-2H3,(H,14,15). The summed E-state index contributed by atoms with van der Waals surface area (Å²) in [5, 5.41) is 3.05. The molecule has 0 radical (unpaired) electrons. The molecule has 4 nitrogen and oxygen atoms in total. The van der Waals surface area contributed by atoms with Gasteiger partial charge in [-0.05, 0) is 25.7 Å². The Balaban J connectivity index is 2.34. The second-order valence-electron chi connectivity index (χ2n) is 4.46. The molecule has 16 heavy (non-hydrogen) atoms. The number of hydrogen-bond acceptors (Lipinski definition) is 3. The molecule has 1 saturated heterocycles. The van der Waals surface area contributed by atoms with Crippen molar-refractivity contribution in [2.24, 2.45) is 5.73 Å². The summed E-state index contributed by atoms with van der Waals surface area (Å²) in [6, 6.07) is 0.290. The second kappa shape index (κ2) is 6.86. The van der Waals surface area contributed by atoms with Crippen molar-refractivity contribution in [2.45, 2.75) is 64.2 Å². The molecular weight excluding hydrogens is 204 g/mol. The highest BCUT2D eigenvalue weighted by atomic mass is 16.5. The molecule has 1 aliphatic rings. The van der Waals surface area contributed by atoms with Gasteiger partial charge in [-0.3, -0.25) is 4.79 Å². The van der Waals surface area contributed by atoms with Gasteiger partial charge in [0.05, 0.1) is 6.10 Å². The Morgan fingerprint density at radius 2 is 2.25 bits per heavy atom. The molecule has 0 aromatic carbocycles. The summed E-state index contributed by atoms with van der Waals surface area (Å²) >= 11 is 0. The molecule has 0 spiro atoms. The summed E-state index contributed by atoms with van der Waals surface area (Å²) in [4.78, 5) is 11.9. The minimum absolute atomic E-state index is 0.0382. The molecule has 0 saturated carbocycles. The molecule has 1 heterocycles. The first-order valence-corrected chi connectivity index (χ1v) is 6.37. The Labute approximate surface area is 97.9 Å². The van der Waals surface area contributed by atoms with E-state index in [0.29, 0.717) is 6.54 Å². The maximum atomic E-state index is 11.9. The van der Waals surface area contributed by atoms with Crippen LogP contribution in [0.15, 0.2) is 0 Å². The lowest BCUT2D eigenvalue weighted by atomic mass is 10.1. The third-order valence-corrected chi connectivity index (χ3v) is 3.14. The topological polar surface area (TPSA) is 64.4 Å². The van der Waals surface area contributed by atoms with Gasteiger partial charge in [0.15, 0.2) is 0 Å². The Hall–Kier alpha value is -0.610. The van der Waals surface area contributed by atoms with Crippen molar-refractivity contribution in [3.05, 3.63) is 0 Å². The molecule has 0 aliphatic carbocycles. The molecular formula is C12H24N2O2. The Morgan fingerprint density at radius 1 is 1.50 bits per heavy atom. The SMILES string of the molecule is CCCC(CC)NC(=O)C1CCC(CN)O1. The third kappa shape index (κ3) is 3.76. The van der Waals surface area contributed by atoms with Gasteiger partial charge in [-0.1, -0.05) is 20.3 Å². The minimum atomic E-state index is -0.278. The fraction of sp³-hybridized carbons (Fsp3) is 0.917. The van der Waals surface area contributed by atoms with Crippen LogP contribution in [0.25, 0.3) is 0 Å². The smallest absolute Gasteiger partial charge is 0.249 e. The van der Waals surface area contributed by atoms with Gasteiger partial charge in [0.1, 0.15) is 6.10 Å². The van der Waals surface area contributed by atoms with E-state index in [1.807, 2.05) is 0 Å². The zero-order valence-electron chi connectivity index (χ0n) is 10.4. The predicted molar refractivity (Wildman–Crippen MR) is 64.1 cm³/mol. The van der Waals surface area contributed by atoms with Crippen LogP contribution < -0.4 is 11.1 Å². The van der Waals surface area contributed by atoms with Crippen molar-refractivity contribution in [1.82, 2.24) is 5.32 Å². The summed E-state index contributed by atoms with van der Waals surface area (Å²) in [6.07, 6.45) is 4.61. The lowest BCUT2D eigenvalue weighted by Crippen LogP contribution is -2.41. The quantitative estimate of drug-likeness (QED) is 0.717. The summed E-state index contributed by atoms with van der Waals surface area (Å²) < 4.78 is 5.56. The highest BCUT2D eigenvalue weighted by molar-refractivity contribution is 5.81. The molecule has 0 aromatic rings. The maximum absolute atomic E-state index is 11.9. The summed E-state index contributed by atoms with van der Waals surface area (Å²) in [5.41, 5.74) is 5.51. The Bertz CT molecular complexity index is 221. The zero-order valence-corrected chi connectivity index (χ0v) is 10.4. The van der Waals surface area contributed by atoms with Crippen LogP contribution in [0.5, 0.6) is 0 Å². The number of carbonyl (C=O) groups is 1. The summed E-state index contributed by atoms with van der Waals surface area (Å²) in [5.74, 6) is 0.0382. The first-order valence-electron chi connectivity index (χ1n) is 6.37. The normalized spacial score (nSPS) is 26.7. The van der Waals surface area contributed by atoms with Crippen LogP contribution in [0.3, 0.4) is 0 Å². The number of ether oxygens (including phenoxy) is 1. The van der Waals surface area contributed by atoms with E-state index in [2.05, 4.69) is 19.2 Å². The number of nitrogens with two attached hydrogens (primary N) is 1. The average molecular weight is 228 g/mol. The van der Waals surface area contributed by atoms with E-state index >= 15 is 0 Å². The fourth-order valence-corrected chi connectivity index (χ4v) is 2.09. The van der Waals surface area contributed by atoms with Crippen LogP contribution in [0, 0.1) is 0 Å². The van der Waals surface area contributed by atoms with Gasteiger partial charge in [-0.15, -0.1) is 0 Å². The maximum Gasteiger partial charge on any atom is 0.249 e. The van der Waals surface area contributed by atoms with Gasteiger partial charge in [-0.25, -0.2) is 0 Å². The van der Waals surface area contributed by atoms with Crippen LogP contribution in [-0.2, 0) is 9.53 Å². The van der Waals surface area contributed by atoms with Crippen LogP contribution in [-0.4, -0.2) is 30.7 Å². The van der Waals surface area contributed by atoms with E-state index in [4.69, 9.17) is 10.5 Å². The molecule has 1 fully saturated rings. The summed E-state index contributed by atoms with van der Waals surface area (Å²) in [6.45, 7) is 4.74. The Morgan fingerprint density at radius 3 is 2.75 bits per heavy atom. The predicted octanol–water partition coefficient (Wildman–Crippen LogP) is 1.19. The molecule has 94 valence electrons. The van der Waals surface area contributed by atoms with Gasteiger partial charge >= 0.3 is 0 Å². The molecule has 1 aliphatic heterocycles. The molecule has 1 rings (SSSR count). The second-order valence-corrected chi connectivity index (χ2v) is 4.46. The summed E-state index contributed by atoms with van der Waals surface area (Å²) in [7, 11) is 0. The van der Waals surface area contributed by atoms with Crippen LogP contribution in [0.1, 0.15) is 46.0 Å². The molecule has 4 heteroatoms. The number of carbonyl (C=O) groups excluding carboxylic acids is 1. The van der Waals surface area contributed by atoms with Crippen molar-refractivity contribution in [1.29, 1.82) is 0 Å². The average Bonchev–Trinajstić information content (AvgIpc) is 2.76. The fourth-order valence-electron chi connectivity index (χ4n) is 2.09. The van der Waals surface area contributed by atoms with Gasteiger partial charge in [0.25, 0.3) is 0 Å². The van der Waals surface area contributed by atoms with Crippen molar-refractivity contribution in [2.75, 3.05) is 6.54 Å². The van der Waals surface area contributed by atoms with E-state index in [9.17, 15) is 4.79 Å². The highest BCUT2D eigenvalue weighted by Crippen LogP contribution is 2.19. The number of hydrogen-bond donors (Lipinski definition) is 2. The van der Waals surface area contributed by atoms with Crippen LogP contribution >= 0.6 is 0 Å². The molecule has 1 amide bonds. The largest absolute Gasteiger partial charge is 0.364 e. The molecule has 3 N–H and O–H groups in total. The van der Waals surface area contributed by atoms with Crippen molar-refractivity contribution in [3.8, 4) is 0 Å². The van der Waals surface area contributed by atoms with Gasteiger partial charge in [-0.2, -0.15) is 0 Å². The van der Waals surface area contributed by atoms with E-state index < -0.39 is 0 Å². The van der Waals surface area contributed by atoms with Crippen LogP contribution in [0.4, 0.5) is 0 Å². The minimum Gasteiger partial charge on any atom is -0.364 e. The van der Waals surface area contributed by atoms with E-state index in [1.165, 1.54) is 0 Å². The number of nitrogens with one attached hydrogen (secondary N) is 1. The van der Waals surface area contributed by atoms with Gasteiger partial charge < -0.3 is 15.8 Å². The van der Waals surface area contributed by atoms with Crippen molar-refractivity contribution >= 4 is 5.91 Å². The van der Waals surface area contributed by atoms with Gasteiger partial charge in [0.2, 0.25) is 5.91 Å². The van der Waals surface area contributed by atoms with Crippen LogP contribution in [0.2, 0.25) is 0 Å². The monoisotopic (exact) mass is 228 g/mol. The zero-order chi connectivity index (χ0) is 12.0. The lowest BCUT2D eigenvalue weighted by Gasteiger charge is -2.19. The molecule has 0 aromatic heterocycles. The van der Waals surface area contributed by atoms with E-state index in [-0.39, 0.29) is 24.2 Å². The van der Waals surface area contributed by atoms with Crippen molar-refractivity contribution < 1.29 is 9.53 Å².